The number of hydrogen-bond donors (Lipinski definition) is 3. The molecular weight excluding hydrogens is 539 g/mol. The molecule has 0 fully saturated rings. The van der Waals surface area contributed by atoms with Crippen LogP contribution in [0.5, 0.6) is 0 Å². The first kappa shape index (κ1) is 24.2. The molecule has 0 aromatic rings. The zero-order valence-corrected chi connectivity index (χ0v) is 12.4. The molecule has 0 saturated heterocycles. The van der Waals surface area contributed by atoms with E-state index in [1.165, 1.54) is 0 Å². The Kier molecular flexibility index (Phi) is 36.0. The van der Waals surface area contributed by atoms with Crippen molar-refractivity contribution in [2.75, 3.05) is 0 Å². The molecular formula is H6I3NO9. The molecule has 0 radical (unpaired) electrons. The van der Waals surface area contributed by atoms with Gasteiger partial charge in [-0.25, -0.2) is 0 Å². The smallest absolute Gasteiger partial charge is 0.427 e. The average Bonchev–Trinajstić information content (AvgIpc) is 1.54. The first-order chi connectivity index (χ1) is 5.20. The van der Waals surface area contributed by atoms with Crippen LogP contribution in [0.25, 0.3) is 0 Å². The summed E-state index contributed by atoms with van der Waals surface area (Å²) in [4.78, 5) is 0. The Balaban J connectivity index is -0.0000000450. The van der Waals surface area contributed by atoms with E-state index in [0.717, 1.165) is 0 Å². The lowest BCUT2D eigenvalue weighted by Crippen LogP contribution is -4.05. The van der Waals surface area contributed by atoms with E-state index in [9.17, 15) is 0 Å². The molecule has 10 nitrogen and oxygen atoms in total. The molecule has 0 spiro atoms. The highest BCUT2D eigenvalue weighted by Gasteiger charge is 1.90. The van der Waals surface area contributed by atoms with Gasteiger partial charge in [0, 0.05) is 0 Å². The minimum atomic E-state index is -4.01. The molecule has 0 aliphatic rings. The maximum Gasteiger partial charge on any atom is 0.503 e. The summed E-state index contributed by atoms with van der Waals surface area (Å²) in [6, 6.07) is 0. The summed E-state index contributed by atoms with van der Waals surface area (Å²) in [5.74, 6) is 0. The molecule has 86 valence electrons. The van der Waals surface area contributed by atoms with E-state index < -0.39 is 63.2 Å². The quantitative estimate of drug-likeness (QED) is 0.245. The van der Waals surface area contributed by atoms with E-state index in [0.29, 0.717) is 0 Å². The third-order valence-electron chi connectivity index (χ3n) is 0. The minimum Gasteiger partial charge on any atom is -0.427 e. The summed E-state index contributed by atoms with van der Waals surface area (Å²) in [5.41, 5.74) is 0. The molecule has 0 aliphatic carbocycles. The maximum atomic E-state index is 8.68. The van der Waals surface area contributed by atoms with Crippen molar-refractivity contribution in [1.29, 1.82) is 0 Å². The van der Waals surface area contributed by atoms with Crippen molar-refractivity contribution in [3.63, 3.8) is 0 Å². The lowest BCUT2D eigenvalue weighted by atomic mass is 14.0. The number of halogens is 3. The van der Waals surface area contributed by atoms with Gasteiger partial charge in [-0.15, -0.1) is 0 Å². The van der Waals surface area contributed by atoms with Crippen LogP contribution in [-0.4, -0.2) is 6.87 Å². The summed E-state index contributed by atoms with van der Waals surface area (Å²) < 4.78 is 74.7. The van der Waals surface area contributed by atoms with Gasteiger partial charge in [0.1, 0.15) is 0 Å². The van der Waals surface area contributed by atoms with E-state index in [-0.39, 0.29) is 6.15 Å². The zero-order valence-electron chi connectivity index (χ0n) is 5.89. The minimum absolute atomic E-state index is 0. The molecule has 0 atom stereocenters. The predicted molar refractivity (Wildman–Crippen MR) is 10.4 cm³/mol. The molecule has 13 heavy (non-hydrogen) atoms. The summed E-state index contributed by atoms with van der Waals surface area (Å²) in [6.07, 6.45) is 0. The molecule has 6 N–H and O–H groups in total. The van der Waals surface area contributed by atoms with Gasteiger partial charge in [-0.3, -0.25) is 0 Å². The zero-order chi connectivity index (χ0) is 10.7. The fourth-order valence-corrected chi connectivity index (χ4v) is 0. The van der Waals surface area contributed by atoms with Crippen LogP contribution < -0.4 is 93.4 Å². The van der Waals surface area contributed by atoms with Gasteiger partial charge in [0.25, 0.3) is 21.1 Å². The first-order valence-electron chi connectivity index (χ1n) is 1.42. The Labute approximate surface area is 99.2 Å². The maximum absolute atomic E-state index is 8.68. The molecule has 0 bridgehead atoms. The molecule has 13 heteroatoms. The average molecular weight is 545 g/mol. The highest BCUT2D eigenvalue weighted by atomic mass is 127. The van der Waals surface area contributed by atoms with Gasteiger partial charge >= 0.3 is 42.1 Å². The van der Waals surface area contributed by atoms with Crippen LogP contribution in [0.3, 0.4) is 0 Å². The summed E-state index contributed by atoms with van der Waals surface area (Å²) in [5, 5.41) is 0. The Hall–Kier alpha value is 1.79. The highest BCUT2D eigenvalue weighted by molar-refractivity contribution is 2.13. The third-order valence-corrected chi connectivity index (χ3v) is 0. The molecule has 0 saturated carbocycles. The lowest BCUT2D eigenvalue weighted by molar-refractivity contribution is -1.73. The van der Waals surface area contributed by atoms with Crippen LogP contribution in [0.4, 0.5) is 0 Å². The Morgan fingerprint density at radius 1 is 0.615 bits per heavy atom. The van der Waals surface area contributed by atoms with E-state index in [2.05, 4.69) is 0 Å². The standard InChI is InChI=1S/2HIO3.IO3.H3N/c3*2-1(3)4;/h2*2H;;1H3/q;;-1;/p+1. The molecule has 0 aromatic heterocycles. The normalized spacial score (nSPS) is 8.31. The van der Waals surface area contributed by atoms with Gasteiger partial charge in [0.15, 0.2) is 0 Å². The monoisotopic (exact) mass is 545 g/mol. The van der Waals surface area contributed by atoms with E-state index in [1.54, 1.807) is 0 Å². The van der Waals surface area contributed by atoms with E-state index in [1.807, 2.05) is 0 Å². The summed E-state index contributed by atoms with van der Waals surface area (Å²) in [7, 11) is 0. The number of quaternary nitrogens is 1. The molecule has 0 rings (SSSR count). The van der Waals surface area contributed by atoms with Crippen LogP contribution in [0.2, 0.25) is 0 Å². The van der Waals surface area contributed by atoms with Crippen molar-refractivity contribution in [1.82, 2.24) is 6.15 Å². The van der Waals surface area contributed by atoms with Gasteiger partial charge < -0.3 is 30.2 Å². The Morgan fingerprint density at radius 2 is 0.615 bits per heavy atom. The van der Waals surface area contributed by atoms with Crippen molar-refractivity contribution in [2.24, 2.45) is 0 Å². The van der Waals surface area contributed by atoms with E-state index >= 15 is 0 Å². The van der Waals surface area contributed by atoms with Gasteiger partial charge in [-0.05, 0) is 6.87 Å². The van der Waals surface area contributed by atoms with Gasteiger partial charge in [-0.1, -0.05) is 0 Å². The van der Waals surface area contributed by atoms with Crippen LogP contribution >= 0.6 is 0 Å². The lowest BCUT2D eigenvalue weighted by Gasteiger charge is -1.84. The van der Waals surface area contributed by atoms with Crippen molar-refractivity contribution in [2.45, 2.75) is 0 Å². The molecule has 0 aliphatic heterocycles. The van der Waals surface area contributed by atoms with Crippen LogP contribution in [0.1, 0.15) is 0 Å². The fourth-order valence-electron chi connectivity index (χ4n) is 0. The molecule has 0 heterocycles. The van der Waals surface area contributed by atoms with Gasteiger partial charge in [-0.2, -0.15) is 0 Å². The van der Waals surface area contributed by atoms with Crippen LogP contribution in [0, 0.1) is 0 Å². The second kappa shape index (κ2) is 19.4. The Morgan fingerprint density at radius 3 is 0.615 bits per heavy atom. The largest absolute Gasteiger partial charge is 0.503 e. The van der Waals surface area contributed by atoms with Crippen LogP contribution in [0.15, 0.2) is 0 Å². The van der Waals surface area contributed by atoms with Crippen molar-refractivity contribution < 1.29 is 94.1 Å². The van der Waals surface area contributed by atoms with Crippen molar-refractivity contribution in [3.05, 3.63) is 0 Å². The van der Waals surface area contributed by atoms with Gasteiger partial charge in [0.2, 0.25) is 0 Å². The predicted octanol–water partition coefficient (Wildman–Crippen LogP) is -18.0. The second-order valence-electron chi connectivity index (χ2n) is 0.591. The number of hydrogen-bond acceptors (Lipinski definition) is 9. The fraction of sp³-hybridized carbons (Fsp3) is 0. The molecule has 0 amide bonds. The van der Waals surface area contributed by atoms with Crippen LogP contribution in [-0.2, 0) is 0 Å². The summed E-state index contributed by atoms with van der Waals surface area (Å²) in [6.45, 7) is 0. The highest BCUT2D eigenvalue weighted by Crippen LogP contribution is 0.254. The van der Waals surface area contributed by atoms with E-state index in [4.69, 9.17) is 30.9 Å². The van der Waals surface area contributed by atoms with Crippen molar-refractivity contribution >= 4 is 0 Å². The molecule has 0 unspecified atom stereocenters. The number of rotatable bonds is 0. The molecule has 0 aromatic carbocycles. The van der Waals surface area contributed by atoms with Gasteiger partial charge in [0.05, 0.1) is 0 Å². The topological polar surface area (TPSA) is 238 Å². The SMILES string of the molecule is [NH4+].[O-][I+2]([O-])O.[O-][I+2]([O-])O.[O-][I+2]([O-])[O-]. The first-order valence-corrected chi connectivity index (χ1v) is 9.51. The second-order valence-corrected chi connectivity index (χ2v) is 3.96. The van der Waals surface area contributed by atoms with Crippen molar-refractivity contribution in [3.8, 4) is 0 Å². The summed E-state index contributed by atoms with van der Waals surface area (Å²) >= 11 is -11.5. The Bertz CT molecular complexity index is 43.4. The third kappa shape index (κ3) is 598.